The number of nitrogens with zero attached hydrogens (tertiary/aromatic N) is 5. The number of imidazole rings is 1. The van der Waals surface area contributed by atoms with E-state index in [1.54, 1.807) is 0 Å². The van der Waals surface area contributed by atoms with Gasteiger partial charge in [-0.15, -0.1) is 0 Å². The van der Waals surface area contributed by atoms with Crippen LogP contribution in [0.25, 0.3) is 11.2 Å². The van der Waals surface area contributed by atoms with Gasteiger partial charge in [-0.1, -0.05) is 37.6 Å². The van der Waals surface area contributed by atoms with Gasteiger partial charge in [0.05, 0.1) is 18.3 Å². The number of hydrogen-bond donors (Lipinski definition) is 2. The second-order valence-electron chi connectivity index (χ2n) is 11.0. The number of rotatable bonds is 7. The summed E-state index contributed by atoms with van der Waals surface area (Å²) in [5.74, 6) is 7.97. The lowest BCUT2D eigenvalue weighted by atomic mass is 9.91. The zero-order chi connectivity index (χ0) is 26.3. The fourth-order valence-electron chi connectivity index (χ4n) is 6.18. The van der Waals surface area contributed by atoms with Crippen LogP contribution in [-0.4, -0.2) is 57.3 Å². The van der Waals surface area contributed by atoms with E-state index in [-0.39, 0.29) is 12.1 Å². The zero-order valence-electron chi connectivity index (χ0n) is 22.6. The molecule has 0 amide bonds. The van der Waals surface area contributed by atoms with Crippen LogP contribution >= 0.6 is 11.6 Å². The Kier molecular flexibility index (Phi) is 7.63. The monoisotopic (exact) mass is 525 g/mol. The number of halogens is 1. The molecule has 2 saturated heterocycles. The van der Waals surface area contributed by atoms with E-state index in [4.69, 9.17) is 32.1 Å². The van der Waals surface area contributed by atoms with Crippen molar-refractivity contribution in [2.24, 2.45) is 11.8 Å². The van der Waals surface area contributed by atoms with Crippen LogP contribution in [0.5, 0.6) is 0 Å². The molecule has 200 valence electrons. The quantitative estimate of drug-likeness (QED) is 0.326. The number of pyridine rings is 1. The van der Waals surface area contributed by atoms with Crippen molar-refractivity contribution < 1.29 is 4.74 Å². The standard InChI is InChI=1S/C28H40ClN7O/c1-17(2)27(21-8-10-22(29)11-9-21)35-15-18(3)34(14-19(35)4)24-13-25(33-30)32-28-26(24)31-20(5)36(28)16-23-7-6-12-37-23/h8-11,13,17-19,23,27H,6-7,12,14-16,30H2,1-5H3,(H,32,33)/t18-,19+,23-,27?/m0/s1. The molecule has 4 atom stereocenters. The van der Waals surface area contributed by atoms with Gasteiger partial charge in [0.2, 0.25) is 0 Å². The van der Waals surface area contributed by atoms with Crippen molar-refractivity contribution in [1.29, 1.82) is 0 Å². The van der Waals surface area contributed by atoms with Gasteiger partial charge >= 0.3 is 0 Å². The SMILES string of the molecule is Cc1nc2c(N3C[C@@H](C)N(C(c4ccc(Cl)cc4)C(C)C)C[C@@H]3C)cc(NN)nc2n1C[C@@H]1CCCO1. The maximum atomic E-state index is 6.20. The summed E-state index contributed by atoms with van der Waals surface area (Å²) in [4.78, 5) is 15.0. The summed E-state index contributed by atoms with van der Waals surface area (Å²) in [6.07, 6.45) is 2.39. The fourth-order valence-corrected chi connectivity index (χ4v) is 6.31. The lowest BCUT2D eigenvalue weighted by Crippen LogP contribution is -2.58. The molecule has 8 nitrogen and oxygen atoms in total. The van der Waals surface area contributed by atoms with Crippen LogP contribution in [0, 0.1) is 12.8 Å². The van der Waals surface area contributed by atoms with Crippen molar-refractivity contribution in [3.63, 3.8) is 0 Å². The molecule has 37 heavy (non-hydrogen) atoms. The van der Waals surface area contributed by atoms with Gasteiger partial charge in [-0.05, 0) is 57.2 Å². The molecular weight excluding hydrogens is 486 g/mol. The van der Waals surface area contributed by atoms with Gasteiger partial charge in [0.25, 0.3) is 0 Å². The minimum absolute atomic E-state index is 0.208. The molecule has 0 spiro atoms. The molecule has 0 saturated carbocycles. The predicted octanol–water partition coefficient (Wildman–Crippen LogP) is 5.15. The first kappa shape index (κ1) is 26.2. The normalized spacial score (nSPS) is 23.8. The molecule has 0 aliphatic carbocycles. The molecule has 4 heterocycles. The first-order valence-corrected chi connectivity index (χ1v) is 13.9. The average molecular weight is 526 g/mol. The van der Waals surface area contributed by atoms with Crippen LogP contribution in [0.3, 0.4) is 0 Å². The van der Waals surface area contributed by atoms with Gasteiger partial charge in [0.1, 0.15) is 17.2 Å². The third-order valence-corrected chi connectivity index (χ3v) is 8.23. The Morgan fingerprint density at radius 3 is 2.54 bits per heavy atom. The van der Waals surface area contributed by atoms with Crippen molar-refractivity contribution >= 4 is 34.3 Å². The molecule has 2 aliphatic rings. The molecule has 0 radical (unpaired) electrons. The topological polar surface area (TPSA) is 84.5 Å². The molecule has 0 bridgehead atoms. The van der Waals surface area contributed by atoms with Gasteiger partial charge in [-0.2, -0.15) is 0 Å². The molecule has 2 aliphatic heterocycles. The number of benzene rings is 1. The summed E-state index contributed by atoms with van der Waals surface area (Å²) in [7, 11) is 0. The predicted molar refractivity (Wildman–Crippen MR) is 151 cm³/mol. The summed E-state index contributed by atoms with van der Waals surface area (Å²) in [5, 5.41) is 0.776. The van der Waals surface area contributed by atoms with Crippen LogP contribution in [-0.2, 0) is 11.3 Å². The lowest BCUT2D eigenvalue weighted by molar-refractivity contribution is 0.0825. The van der Waals surface area contributed by atoms with Crippen LogP contribution < -0.4 is 16.2 Å². The molecule has 3 aromatic rings. The Bertz CT molecular complexity index is 1220. The Hall–Kier alpha value is -2.39. The second-order valence-corrected chi connectivity index (χ2v) is 11.5. The van der Waals surface area contributed by atoms with E-state index in [1.165, 1.54) is 5.56 Å². The minimum atomic E-state index is 0.208. The highest BCUT2D eigenvalue weighted by Gasteiger charge is 2.36. The van der Waals surface area contributed by atoms with E-state index in [1.807, 2.05) is 18.2 Å². The maximum Gasteiger partial charge on any atom is 0.164 e. The number of aryl methyl sites for hydroxylation is 1. The minimum Gasteiger partial charge on any atom is -0.376 e. The van der Waals surface area contributed by atoms with E-state index in [2.05, 4.69) is 66.5 Å². The molecule has 5 rings (SSSR count). The van der Waals surface area contributed by atoms with Crippen molar-refractivity contribution in [3.05, 3.63) is 46.7 Å². The second kappa shape index (κ2) is 10.8. The van der Waals surface area contributed by atoms with Gasteiger partial charge in [-0.3, -0.25) is 4.90 Å². The van der Waals surface area contributed by atoms with Gasteiger partial charge in [0, 0.05) is 48.9 Å². The molecule has 2 aromatic heterocycles. The number of nitrogen functional groups attached to an aromatic ring is 1. The number of piperazine rings is 1. The van der Waals surface area contributed by atoms with Crippen molar-refractivity contribution in [2.45, 2.75) is 78.2 Å². The molecule has 2 fully saturated rings. The first-order valence-electron chi connectivity index (χ1n) is 13.5. The lowest BCUT2D eigenvalue weighted by Gasteiger charge is -2.49. The van der Waals surface area contributed by atoms with Crippen molar-refractivity contribution in [3.8, 4) is 0 Å². The summed E-state index contributed by atoms with van der Waals surface area (Å²) < 4.78 is 8.11. The van der Waals surface area contributed by atoms with Gasteiger partial charge in [0.15, 0.2) is 5.65 Å². The van der Waals surface area contributed by atoms with E-state index >= 15 is 0 Å². The highest BCUT2D eigenvalue weighted by Crippen LogP contribution is 2.37. The number of fused-ring (bicyclic) bond motifs is 1. The number of anilines is 2. The van der Waals surface area contributed by atoms with Crippen molar-refractivity contribution in [2.75, 3.05) is 30.0 Å². The smallest absolute Gasteiger partial charge is 0.164 e. The molecule has 1 unspecified atom stereocenters. The van der Waals surface area contributed by atoms with Crippen LogP contribution in [0.2, 0.25) is 5.02 Å². The summed E-state index contributed by atoms with van der Waals surface area (Å²) in [5.41, 5.74) is 6.98. The number of ether oxygens (including phenoxy) is 1. The maximum absolute atomic E-state index is 6.20. The number of hydrogen-bond acceptors (Lipinski definition) is 7. The summed E-state index contributed by atoms with van der Waals surface area (Å²) in [6.45, 7) is 14.7. The number of nitrogens with two attached hydrogens (primary N) is 1. The number of nitrogens with one attached hydrogen (secondary N) is 1. The largest absolute Gasteiger partial charge is 0.376 e. The van der Waals surface area contributed by atoms with E-state index in [0.29, 0.717) is 23.8 Å². The van der Waals surface area contributed by atoms with Gasteiger partial charge < -0.3 is 19.6 Å². The zero-order valence-corrected chi connectivity index (χ0v) is 23.4. The Labute approximate surface area is 225 Å². The Morgan fingerprint density at radius 1 is 1.14 bits per heavy atom. The highest BCUT2D eigenvalue weighted by molar-refractivity contribution is 6.30. The summed E-state index contributed by atoms with van der Waals surface area (Å²) >= 11 is 6.20. The van der Waals surface area contributed by atoms with Crippen LogP contribution in [0.1, 0.15) is 58.0 Å². The third-order valence-electron chi connectivity index (χ3n) is 7.98. The third kappa shape index (κ3) is 5.17. The number of hydrazine groups is 1. The molecular formula is C28H40ClN7O. The fraction of sp³-hybridized carbons (Fsp3) is 0.571. The van der Waals surface area contributed by atoms with Crippen molar-refractivity contribution in [1.82, 2.24) is 19.4 Å². The Balaban J connectivity index is 1.47. The first-order chi connectivity index (χ1) is 17.8. The van der Waals surface area contributed by atoms with E-state index < -0.39 is 0 Å². The summed E-state index contributed by atoms with van der Waals surface area (Å²) in [6, 6.07) is 11.3. The van der Waals surface area contributed by atoms with Crippen LogP contribution in [0.15, 0.2) is 30.3 Å². The van der Waals surface area contributed by atoms with E-state index in [0.717, 1.165) is 66.8 Å². The molecule has 1 aromatic carbocycles. The molecule has 9 heteroatoms. The molecule has 3 N–H and O–H groups in total. The Morgan fingerprint density at radius 2 is 1.89 bits per heavy atom. The van der Waals surface area contributed by atoms with E-state index in [9.17, 15) is 0 Å². The number of aromatic nitrogens is 3. The average Bonchev–Trinajstić information content (AvgIpc) is 3.50. The highest BCUT2D eigenvalue weighted by atomic mass is 35.5. The van der Waals surface area contributed by atoms with Gasteiger partial charge in [-0.25, -0.2) is 15.8 Å². The van der Waals surface area contributed by atoms with Crippen LogP contribution in [0.4, 0.5) is 11.5 Å².